The number of aliphatic hydroxyl groups is 1. The molecule has 82 valence electrons. The number of hydrogen-bond acceptors (Lipinski definition) is 1. The summed E-state index contributed by atoms with van der Waals surface area (Å²) in [4.78, 5) is 0. The van der Waals surface area contributed by atoms with Gasteiger partial charge in [-0.25, -0.2) is 0 Å². The van der Waals surface area contributed by atoms with Gasteiger partial charge in [-0.05, 0) is 37.7 Å². The molecule has 1 heteroatoms. The Morgan fingerprint density at radius 1 is 1.29 bits per heavy atom. The number of aliphatic hydroxyl groups excluding tert-OH is 1. The Balaban J connectivity index is 2.13. The molecule has 1 aliphatic rings. The second-order valence-corrected chi connectivity index (χ2v) is 4.39. The Morgan fingerprint density at radius 2 is 2.14 bits per heavy atom. The van der Waals surface area contributed by atoms with Crippen molar-refractivity contribution < 1.29 is 5.11 Å². The van der Waals surface area contributed by atoms with Crippen LogP contribution in [0.1, 0.15) is 64.7 Å². The van der Waals surface area contributed by atoms with Crippen LogP contribution in [0.3, 0.4) is 0 Å². The number of allylic oxidation sites excluding steroid dienone is 1. The lowest BCUT2D eigenvalue weighted by atomic mass is 9.93. The van der Waals surface area contributed by atoms with E-state index in [0.29, 0.717) is 0 Å². The van der Waals surface area contributed by atoms with Crippen molar-refractivity contribution in [1.82, 2.24) is 0 Å². The third kappa shape index (κ3) is 4.28. The number of rotatable bonds is 6. The highest BCUT2D eigenvalue weighted by molar-refractivity contribution is 5.10. The molecule has 0 aromatic carbocycles. The Labute approximate surface area is 88.2 Å². The van der Waals surface area contributed by atoms with Crippen LogP contribution >= 0.6 is 0 Å². The van der Waals surface area contributed by atoms with Gasteiger partial charge in [0.1, 0.15) is 0 Å². The largest absolute Gasteiger partial charge is 0.389 e. The van der Waals surface area contributed by atoms with Gasteiger partial charge in [-0.15, -0.1) is 0 Å². The molecule has 1 unspecified atom stereocenters. The van der Waals surface area contributed by atoms with Crippen molar-refractivity contribution in [3.05, 3.63) is 11.6 Å². The van der Waals surface area contributed by atoms with Crippen LogP contribution in [0.15, 0.2) is 11.6 Å². The predicted octanol–water partition coefficient (Wildman–Crippen LogP) is 3.82. The summed E-state index contributed by atoms with van der Waals surface area (Å²) in [6, 6.07) is 0. The highest BCUT2D eigenvalue weighted by Crippen LogP contribution is 2.23. The van der Waals surface area contributed by atoms with E-state index in [9.17, 15) is 5.11 Å². The van der Waals surface area contributed by atoms with Gasteiger partial charge in [-0.3, -0.25) is 0 Å². The van der Waals surface area contributed by atoms with E-state index in [1.807, 2.05) is 0 Å². The maximum Gasteiger partial charge on any atom is 0.0750 e. The summed E-state index contributed by atoms with van der Waals surface area (Å²) in [5.41, 5.74) is 1.31. The summed E-state index contributed by atoms with van der Waals surface area (Å²) in [6.45, 7) is 2.22. The molecule has 1 N–H and O–H groups in total. The first kappa shape index (κ1) is 11.8. The average molecular weight is 196 g/mol. The van der Waals surface area contributed by atoms with Crippen LogP contribution in [0, 0.1) is 0 Å². The van der Waals surface area contributed by atoms with Crippen molar-refractivity contribution in [2.45, 2.75) is 70.8 Å². The molecule has 0 aromatic rings. The summed E-state index contributed by atoms with van der Waals surface area (Å²) >= 11 is 0. The first-order valence-electron chi connectivity index (χ1n) is 6.21. The molecule has 0 amide bonds. The van der Waals surface area contributed by atoms with Crippen molar-refractivity contribution in [3.63, 3.8) is 0 Å². The summed E-state index contributed by atoms with van der Waals surface area (Å²) < 4.78 is 0. The average Bonchev–Trinajstić information content (AvgIpc) is 2.25. The Kier molecular flexibility index (Phi) is 5.93. The molecule has 1 aliphatic carbocycles. The molecule has 0 saturated heterocycles. The van der Waals surface area contributed by atoms with Gasteiger partial charge in [0.25, 0.3) is 0 Å². The maximum absolute atomic E-state index is 9.90. The quantitative estimate of drug-likeness (QED) is 0.506. The van der Waals surface area contributed by atoms with Gasteiger partial charge in [0.05, 0.1) is 6.10 Å². The van der Waals surface area contributed by atoms with Crippen LogP contribution in [0.25, 0.3) is 0 Å². The highest BCUT2D eigenvalue weighted by atomic mass is 16.3. The van der Waals surface area contributed by atoms with E-state index < -0.39 is 0 Å². The molecule has 0 saturated carbocycles. The Bertz CT molecular complexity index is 172. The van der Waals surface area contributed by atoms with E-state index in [2.05, 4.69) is 13.0 Å². The van der Waals surface area contributed by atoms with Crippen LogP contribution in [0.2, 0.25) is 0 Å². The third-order valence-corrected chi connectivity index (χ3v) is 3.09. The SMILES string of the molecule is CCCCCCC(O)C1=CCCCC1. The lowest BCUT2D eigenvalue weighted by molar-refractivity contribution is 0.189. The van der Waals surface area contributed by atoms with Gasteiger partial charge in [-0.1, -0.05) is 38.7 Å². The van der Waals surface area contributed by atoms with Crippen molar-refractivity contribution >= 4 is 0 Å². The van der Waals surface area contributed by atoms with Crippen molar-refractivity contribution in [1.29, 1.82) is 0 Å². The fourth-order valence-electron chi connectivity index (χ4n) is 2.12. The van der Waals surface area contributed by atoms with E-state index >= 15 is 0 Å². The van der Waals surface area contributed by atoms with Gasteiger partial charge in [0, 0.05) is 0 Å². The van der Waals surface area contributed by atoms with E-state index in [0.717, 1.165) is 12.8 Å². The van der Waals surface area contributed by atoms with E-state index in [-0.39, 0.29) is 6.10 Å². The fourth-order valence-corrected chi connectivity index (χ4v) is 2.12. The van der Waals surface area contributed by atoms with E-state index in [1.54, 1.807) is 0 Å². The topological polar surface area (TPSA) is 20.2 Å². The van der Waals surface area contributed by atoms with Crippen molar-refractivity contribution in [3.8, 4) is 0 Å². The number of hydrogen-bond donors (Lipinski definition) is 1. The first-order chi connectivity index (χ1) is 6.84. The molecule has 0 radical (unpaired) electrons. The minimum atomic E-state index is -0.132. The molecule has 0 bridgehead atoms. The highest BCUT2D eigenvalue weighted by Gasteiger charge is 2.12. The standard InChI is InChI=1S/C13H24O/c1-2-3-4-8-11-13(14)12-9-6-5-7-10-12/h9,13-14H,2-8,10-11H2,1H3. The van der Waals surface area contributed by atoms with Crippen LogP contribution < -0.4 is 0 Å². The smallest absolute Gasteiger partial charge is 0.0750 e. The molecule has 0 aromatic heterocycles. The zero-order valence-electron chi connectivity index (χ0n) is 9.47. The van der Waals surface area contributed by atoms with Crippen molar-refractivity contribution in [2.24, 2.45) is 0 Å². The third-order valence-electron chi connectivity index (χ3n) is 3.09. The van der Waals surface area contributed by atoms with Gasteiger partial charge in [0.2, 0.25) is 0 Å². The van der Waals surface area contributed by atoms with Crippen LogP contribution in [-0.4, -0.2) is 11.2 Å². The summed E-state index contributed by atoms with van der Waals surface area (Å²) in [5.74, 6) is 0. The normalized spacial score (nSPS) is 19.1. The predicted molar refractivity (Wildman–Crippen MR) is 61.3 cm³/mol. The molecule has 0 fully saturated rings. The lowest BCUT2D eigenvalue weighted by Gasteiger charge is -2.18. The molecule has 1 rings (SSSR count). The van der Waals surface area contributed by atoms with E-state index in [4.69, 9.17) is 0 Å². The first-order valence-corrected chi connectivity index (χ1v) is 6.21. The second kappa shape index (κ2) is 7.05. The van der Waals surface area contributed by atoms with Crippen molar-refractivity contribution in [2.75, 3.05) is 0 Å². The zero-order chi connectivity index (χ0) is 10.2. The van der Waals surface area contributed by atoms with Crippen LogP contribution in [0.4, 0.5) is 0 Å². The minimum Gasteiger partial charge on any atom is -0.389 e. The van der Waals surface area contributed by atoms with Gasteiger partial charge in [0.15, 0.2) is 0 Å². The second-order valence-electron chi connectivity index (χ2n) is 4.39. The monoisotopic (exact) mass is 196 g/mol. The van der Waals surface area contributed by atoms with Gasteiger partial charge >= 0.3 is 0 Å². The zero-order valence-corrected chi connectivity index (χ0v) is 9.47. The molecule has 0 aliphatic heterocycles. The maximum atomic E-state index is 9.90. The minimum absolute atomic E-state index is 0.132. The van der Waals surface area contributed by atoms with E-state index in [1.165, 1.54) is 50.5 Å². The molecule has 14 heavy (non-hydrogen) atoms. The molecule has 1 atom stereocenters. The van der Waals surface area contributed by atoms with Gasteiger partial charge < -0.3 is 5.11 Å². The fraction of sp³-hybridized carbons (Fsp3) is 0.846. The molecular formula is C13H24O. The van der Waals surface area contributed by atoms with Crippen LogP contribution in [-0.2, 0) is 0 Å². The summed E-state index contributed by atoms with van der Waals surface area (Å²) in [7, 11) is 0. The Morgan fingerprint density at radius 3 is 2.79 bits per heavy atom. The number of unbranched alkanes of at least 4 members (excludes halogenated alkanes) is 3. The van der Waals surface area contributed by atoms with Gasteiger partial charge in [-0.2, -0.15) is 0 Å². The molecular weight excluding hydrogens is 172 g/mol. The molecule has 0 heterocycles. The Hall–Kier alpha value is -0.300. The molecule has 1 nitrogen and oxygen atoms in total. The lowest BCUT2D eigenvalue weighted by Crippen LogP contribution is -2.12. The summed E-state index contributed by atoms with van der Waals surface area (Å²) in [5, 5.41) is 9.90. The molecule has 0 spiro atoms. The van der Waals surface area contributed by atoms with Crippen LogP contribution in [0.5, 0.6) is 0 Å². The summed E-state index contributed by atoms with van der Waals surface area (Å²) in [6.07, 6.45) is 13.1.